The summed E-state index contributed by atoms with van der Waals surface area (Å²) >= 11 is 0. The van der Waals surface area contributed by atoms with E-state index in [9.17, 15) is 0 Å². The quantitative estimate of drug-likeness (QED) is 0.152. The molecule has 0 radical (unpaired) electrons. The summed E-state index contributed by atoms with van der Waals surface area (Å²) in [7, 11) is 0. The third-order valence-corrected chi connectivity index (χ3v) is 11.1. The predicted octanol–water partition coefficient (Wildman–Crippen LogP) is 13.5. The van der Waals surface area contributed by atoms with Gasteiger partial charge in [-0.25, -0.2) is 15.0 Å². The number of para-hydroxylation sites is 1. The third-order valence-electron chi connectivity index (χ3n) is 11.1. The maximum absolute atomic E-state index is 5.38. The monoisotopic (exact) mass is 753 g/mol. The molecule has 0 atom stereocenters. The number of aromatic nitrogens is 5. The minimum Gasteiger partial charge on any atom is -0.292 e. The average Bonchev–Trinajstić information content (AvgIpc) is 3.74. The Balaban J connectivity index is 0.959. The van der Waals surface area contributed by atoms with Gasteiger partial charge in [-0.15, -0.1) is 0 Å². The highest BCUT2D eigenvalue weighted by molar-refractivity contribution is 6.24. The minimum atomic E-state index is 0.698. The van der Waals surface area contributed by atoms with Crippen molar-refractivity contribution in [3.05, 3.63) is 213 Å². The van der Waals surface area contributed by atoms with Crippen LogP contribution in [0.5, 0.6) is 0 Å². The zero-order chi connectivity index (χ0) is 39.1. The first-order valence-electron chi connectivity index (χ1n) is 19.8. The molecule has 0 aliphatic heterocycles. The van der Waals surface area contributed by atoms with E-state index in [1.54, 1.807) is 0 Å². The predicted molar refractivity (Wildman–Crippen MR) is 242 cm³/mol. The number of hydrogen-bond acceptors (Lipinski definition) is 4. The van der Waals surface area contributed by atoms with Gasteiger partial charge >= 0.3 is 0 Å². The first kappa shape index (κ1) is 34.2. The van der Waals surface area contributed by atoms with E-state index in [2.05, 4.69) is 179 Å². The zero-order valence-electron chi connectivity index (χ0n) is 31.9. The van der Waals surface area contributed by atoms with Crippen LogP contribution in [0.4, 0.5) is 0 Å². The van der Waals surface area contributed by atoms with Gasteiger partial charge in [0.05, 0.1) is 22.4 Å². The minimum absolute atomic E-state index is 0.698. The number of hydrogen-bond donors (Lipinski definition) is 0. The molecule has 11 aromatic rings. The molecule has 0 saturated carbocycles. The number of imidazole rings is 1. The van der Waals surface area contributed by atoms with Crippen molar-refractivity contribution in [3.63, 3.8) is 0 Å². The largest absolute Gasteiger partial charge is 0.292 e. The highest BCUT2D eigenvalue weighted by atomic mass is 15.1. The Kier molecular flexibility index (Phi) is 8.41. The lowest BCUT2D eigenvalue weighted by Crippen LogP contribution is -1.98. The molecule has 0 spiro atoms. The molecule has 59 heavy (non-hydrogen) atoms. The SMILES string of the molecule is c1ccc(-c2ccc(-c3cc(-c4ccc(-c5ccc(-c6nc7c8ccccc8c8ccncc8c7n6-c6ccccc6)cc5)cc4)nc(-c4ccccc4)n3)cc2)cc1. The van der Waals surface area contributed by atoms with Crippen molar-refractivity contribution in [1.82, 2.24) is 24.5 Å². The highest BCUT2D eigenvalue weighted by Crippen LogP contribution is 2.39. The van der Waals surface area contributed by atoms with Crippen LogP contribution in [0.2, 0.25) is 0 Å². The van der Waals surface area contributed by atoms with Gasteiger partial charge in [-0.1, -0.05) is 176 Å². The van der Waals surface area contributed by atoms with E-state index in [4.69, 9.17) is 15.0 Å². The number of rotatable bonds is 7. The standard InChI is InChI=1S/C54H35N5/c1-4-12-36(13-5-1)37-20-26-40(27-21-37)49-34-50(57-53(56-49)42-14-6-2-7-15-42)41-28-22-38(23-29-41)39-24-30-43(31-25-39)54-58-51-47-19-11-10-18-45(47)46-32-33-55-35-48(46)52(51)59(54)44-16-8-3-9-17-44/h1-35H. The normalized spacial score (nSPS) is 11.4. The van der Waals surface area contributed by atoms with Crippen molar-refractivity contribution in [1.29, 1.82) is 0 Å². The van der Waals surface area contributed by atoms with Gasteiger partial charge in [0, 0.05) is 51.1 Å². The van der Waals surface area contributed by atoms with Gasteiger partial charge < -0.3 is 0 Å². The summed E-state index contributed by atoms with van der Waals surface area (Å²) in [6.07, 6.45) is 3.84. The maximum atomic E-state index is 5.38. The second kappa shape index (κ2) is 14.5. The lowest BCUT2D eigenvalue weighted by atomic mass is 10.00. The lowest BCUT2D eigenvalue weighted by Gasteiger charge is -2.12. The summed E-state index contributed by atoms with van der Waals surface area (Å²) < 4.78 is 2.28. The molecule has 0 unspecified atom stereocenters. The Morgan fingerprint density at radius 3 is 1.39 bits per heavy atom. The van der Waals surface area contributed by atoms with Crippen LogP contribution in [0.15, 0.2) is 213 Å². The van der Waals surface area contributed by atoms with Crippen LogP contribution in [0.1, 0.15) is 0 Å². The molecule has 0 saturated heterocycles. The van der Waals surface area contributed by atoms with Gasteiger partial charge in [0.15, 0.2) is 5.82 Å². The van der Waals surface area contributed by atoms with Crippen molar-refractivity contribution in [3.8, 4) is 73.2 Å². The molecule has 0 aliphatic carbocycles. The molecule has 0 N–H and O–H groups in total. The van der Waals surface area contributed by atoms with Crippen molar-refractivity contribution in [2.45, 2.75) is 0 Å². The van der Waals surface area contributed by atoms with Crippen LogP contribution in [0, 0.1) is 0 Å². The van der Waals surface area contributed by atoms with Crippen molar-refractivity contribution < 1.29 is 0 Å². The molecule has 5 nitrogen and oxygen atoms in total. The molecule has 8 aromatic carbocycles. The Labute approximate surface area is 341 Å². The van der Waals surface area contributed by atoms with Crippen LogP contribution in [-0.4, -0.2) is 24.5 Å². The number of benzene rings is 8. The Morgan fingerprint density at radius 2 is 0.797 bits per heavy atom. The molecule has 0 fully saturated rings. The van der Waals surface area contributed by atoms with Crippen LogP contribution in [0.3, 0.4) is 0 Å². The fourth-order valence-electron chi connectivity index (χ4n) is 8.19. The maximum Gasteiger partial charge on any atom is 0.160 e. The van der Waals surface area contributed by atoms with E-state index in [0.717, 1.165) is 83.5 Å². The fourth-order valence-corrected chi connectivity index (χ4v) is 8.19. The van der Waals surface area contributed by atoms with Crippen LogP contribution in [-0.2, 0) is 0 Å². The van der Waals surface area contributed by atoms with Crippen LogP contribution in [0.25, 0.3) is 106 Å². The van der Waals surface area contributed by atoms with Crippen molar-refractivity contribution in [2.75, 3.05) is 0 Å². The Bertz CT molecular complexity index is 3270. The molecule has 276 valence electrons. The summed E-state index contributed by atoms with van der Waals surface area (Å²) in [5.74, 6) is 1.58. The van der Waals surface area contributed by atoms with E-state index in [1.165, 1.54) is 16.5 Å². The van der Waals surface area contributed by atoms with Gasteiger partial charge in [-0.2, -0.15) is 0 Å². The van der Waals surface area contributed by atoms with Crippen molar-refractivity contribution in [2.24, 2.45) is 0 Å². The molecule has 3 aromatic heterocycles. The molecule has 0 bridgehead atoms. The van der Waals surface area contributed by atoms with E-state index in [0.29, 0.717) is 5.82 Å². The average molecular weight is 754 g/mol. The molecule has 3 heterocycles. The highest BCUT2D eigenvalue weighted by Gasteiger charge is 2.20. The van der Waals surface area contributed by atoms with Gasteiger partial charge in [-0.3, -0.25) is 9.55 Å². The topological polar surface area (TPSA) is 56.5 Å². The molecule has 0 aliphatic rings. The van der Waals surface area contributed by atoms with E-state index < -0.39 is 0 Å². The van der Waals surface area contributed by atoms with Crippen molar-refractivity contribution >= 4 is 32.6 Å². The molecular weight excluding hydrogens is 719 g/mol. The van der Waals surface area contributed by atoms with E-state index in [1.807, 2.05) is 42.7 Å². The zero-order valence-corrected chi connectivity index (χ0v) is 31.9. The second-order valence-electron chi connectivity index (χ2n) is 14.7. The summed E-state index contributed by atoms with van der Waals surface area (Å²) in [4.78, 5) is 20.1. The molecule has 5 heteroatoms. The molecular formula is C54H35N5. The van der Waals surface area contributed by atoms with Crippen LogP contribution < -0.4 is 0 Å². The van der Waals surface area contributed by atoms with Gasteiger partial charge in [0.25, 0.3) is 0 Å². The summed E-state index contributed by atoms with van der Waals surface area (Å²) in [6.45, 7) is 0. The smallest absolute Gasteiger partial charge is 0.160 e. The van der Waals surface area contributed by atoms with Gasteiger partial charge in [0.2, 0.25) is 0 Å². The second-order valence-corrected chi connectivity index (χ2v) is 14.7. The lowest BCUT2D eigenvalue weighted by molar-refractivity contribution is 1.11. The van der Waals surface area contributed by atoms with Gasteiger partial charge in [0.1, 0.15) is 5.82 Å². The fraction of sp³-hybridized carbons (Fsp3) is 0. The number of nitrogens with zero attached hydrogens (tertiary/aromatic N) is 5. The Hall–Kier alpha value is -8.02. The molecule has 0 amide bonds. The first-order chi connectivity index (χ1) is 29.2. The van der Waals surface area contributed by atoms with E-state index in [-0.39, 0.29) is 0 Å². The molecule has 11 rings (SSSR count). The number of fused-ring (bicyclic) bond motifs is 6. The summed E-state index contributed by atoms with van der Waals surface area (Å²) in [6, 6.07) is 69.8. The Morgan fingerprint density at radius 1 is 0.339 bits per heavy atom. The number of pyridine rings is 1. The first-order valence-corrected chi connectivity index (χ1v) is 19.8. The summed E-state index contributed by atoms with van der Waals surface area (Å²) in [5, 5.41) is 4.54. The summed E-state index contributed by atoms with van der Waals surface area (Å²) in [5.41, 5.74) is 13.5. The van der Waals surface area contributed by atoms with Crippen LogP contribution >= 0.6 is 0 Å². The third kappa shape index (κ3) is 6.22. The van der Waals surface area contributed by atoms with E-state index >= 15 is 0 Å². The van der Waals surface area contributed by atoms with Gasteiger partial charge in [-0.05, 0) is 57.3 Å².